The highest BCUT2D eigenvalue weighted by Crippen LogP contribution is 2.10. The second-order valence-electron chi connectivity index (χ2n) is 5.17. The molecular weight excluding hydrogens is 302 g/mol. The van der Waals surface area contributed by atoms with Crippen LogP contribution in [0, 0.1) is 5.92 Å². The molecule has 0 aliphatic carbocycles. The summed E-state index contributed by atoms with van der Waals surface area (Å²) in [7, 11) is 1.83. The second-order valence-corrected chi connectivity index (χ2v) is 5.17. The van der Waals surface area contributed by atoms with Gasteiger partial charge in [0.1, 0.15) is 0 Å². The van der Waals surface area contributed by atoms with E-state index in [-0.39, 0.29) is 30.1 Å². The Labute approximate surface area is 138 Å². The third-order valence-electron chi connectivity index (χ3n) is 3.14. The van der Waals surface area contributed by atoms with Crippen molar-refractivity contribution in [2.45, 2.75) is 33.2 Å². The van der Waals surface area contributed by atoms with Gasteiger partial charge in [-0.2, -0.15) is 0 Å². The van der Waals surface area contributed by atoms with Crippen LogP contribution in [0.4, 0.5) is 5.69 Å². The van der Waals surface area contributed by atoms with Gasteiger partial charge in [0.05, 0.1) is 0 Å². The monoisotopic (exact) mass is 327 g/mol. The first kappa shape index (κ1) is 20.4. The number of nitrogens with one attached hydrogen (secondary N) is 3. The summed E-state index contributed by atoms with van der Waals surface area (Å²) in [5.41, 5.74) is 1.79. The molecule has 124 valence electrons. The number of carbonyl (C=O) groups excluding carboxylic acids is 2. The highest BCUT2D eigenvalue weighted by atomic mass is 35.5. The van der Waals surface area contributed by atoms with Gasteiger partial charge in [-0.05, 0) is 31.2 Å². The number of hydrogen-bond acceptors (Lipinski definition) is 3. The molecule has 0 bridgehead atoms. The molecule has 5 nitrogen and oxygen atoms in total. The molecular formula is C16H26ClN3O2. The minimum atomic E-state index is -0.0531. The first-order chi connectivity index (χ1) is 10.1. The van der Waals surface area contributed by atoms with E-state index in [1.54, 1.807) is 0 Å². The van der Waals surface area contributed by atoms with E-state index < -0.39 is 0 Å². The van der Waals surface area contributed by atoms with Crippen LogP contribution < -0.4 is 16.0 Å². The van der Waals surface area contributed by atoms with Gasteiger partial charge in [-0.25, -0.2) is 0 Å². The van der Waals surface area contributed by atoms with Gasteiger partial charge >= 0.3 is 0 Å². The van der Waals surface area contributed by atoms with Crippen LogP contribution in [0.3, 0.4) is 0 Å². The van der Waals surface area contributed by atoms with Gasteiger partial charge in [0.25, 0.3) is 0 Å². The zero-order chi connectivity index (χ0) is 15.7. The smallest absolute Gasteiger partial charge is 0.224 e. The van der Waals surface area contributed by atoms with E-state index in [1.165, 1.54) is 0 Å². The van der Waals surface area contributed by atoms with E-state index in [1.807, 2.05) is 45.2 Å². The molecule has 0 fully saturated rings. The van der Waals surface area contributed by atoms with Crippen molar-refractivity contribution in [2.24, 2.45) is 5.92 Å². The summed E-state index contributed by atoms with van der Waals surface area (Å²) in [6.07, 6.45) is 1.36. The Balaban J connectivity index is 0.00000441. The van der Waals surface area contributed by atoms with E-state index in [0.29, 0.717) is 19.5 Å². The fourth-order valence-corrected chi connectivity index (χ4v) is 1.92. The topological polar surface area (TPSA) is 70.2 Å². The lowest BCUT2D eigenvalue weighted by Crippen LogP contribution is -2.33. The van der Waals surface area contributed by atoms with Gasteiger partial charge in [-0.15, -0.1) is 12.4 Å². The number of rotatable bonds is 8. The second kappa shape index (κ2) is 11.0. The van der Waals surface area contributed by atoms with Crippen LogP contribution in [-0.4, -0.2) is 25.4 Å². The Bertz CT molecular complexity index is 463. The molecule has 0 radical (unpaired) electrons. The van der Waals surface area contributed by atoms with Crippen molar-refractivity contribution < 1.29 is 9.59 Å². The lowest BCUT2D eigenvalue weighted by Gasteiger charge is -2.12. The highest BCUT2D eigenvalue weighted by molar-refractivity contribution is 5.90. The maximum absolute atomic E-state index is 11.8. The molecule has 0 saturated heterocycles. The molecule has 1 unspecified atom stereocenters. The van der Waals surface area contributed by atoms with Crippen molar-refractivity contribution in [3.05, 3.63) is 29.8 Å². The van der Waals surface area contributed by atoms with Gasteiger partial charge in [0.2, 0.25) is 11.8 Å². The summed E-state index contributed by atoms with van der Waals surface area (Å²) in [4.78, 5) is 23.3. The van der Waals surface area contributed by atoms with Crippen molar-refractivity contribution in [3.63, 3.8) is 0 Å². The number of anilines is 1. The summed E-state index contributed by atoms with van der Waals surface area (Å²) in [6.45, 7) is 5.02. The average Bonchev–Trinajstić information content (AvgIpc) is 2.46. The van der Waals surface area contributed by atoms with E-state index in [4.69, 9.17) is 0 Å². The van der Waals surface area contributed by atoms with Crippen molar-refractivity contribution in [3.8, 4) is 0 Å². The standard InChI is InChI=1S/C16H25N3O2.ClH/c1-4-5-15(20)19-14-8-6-13(7-9-14)11-18-16(21)12(2)10-17-3;/h6-9,12,17H,4-5,10-11H2,1-3H3,(H,18,21)(H,19,20);1H. The van der Waals surface area contributed by atoms with Crippen LogP contribution in [-0.2, 0) is 16.1 Å². The highest BCUT2D eigenvalue weighted by Gasteiger charge is 2.10. The first-order valence-corrected chi connectivity index (χ1v) is 7.38. The fraction of sp³-hybridized carbons (Fsp3) is 0.500. The molecule has 22 heavy (non-hydrogen) atoms. The predicted molar refractivity (Wildman–Crippen MR) is 92.2 cm³/mol. The zero-order valence-corrected chi connectivity index (χ0v) is 14.3. The normalized spacial score (nSPS) is 11.2. The van der Waals surface area contributed by atoms with Gasteiger partial charge < -0.3 is 16.0 Å². The molecule has 0 heterocycles. The Morgan fingerprint density at radius 3 is 2.36 bits per heavy atom. The van der Waals surface area contributed by atoms with Crippen LogP contribution in [0.25, 0.3) is 0 Å². The van der Waals surface area contributed by atoms with E-state index in [2.05, 4.69) is 16.0 Å². The largest absolute Gasteiger partial charge is 0.352 e. The Hall–Kier alpha value is -1.59. The van der Waals surface area contributed by atoms with Gasteiger partial charge in [-0.3, -0.25) is 9.59 Å². The Kier molecular flexibility index (Phi) is 10.2. The minimum absolute atomic E-state index is 0. The number of amides is 2. The maximum atomic E-state index is 11.8. The molecule has 1 atom stereocenters. The van der Waals surface area contributed by atoms with Crippen molar-refractivity contribution >= 4 is 29.9 Å². The van der Waals surface area contributed by atoms with E-state index in [0.717, 1.165) is 17.7 Å². The molecule has 1 aromatic rings. The molecule has 0 saturated carbocycles. The molecule has 6 heteroatoms. The van der Waals surface area contributed by atoms with Crippen LogP contribution >= 0.6 is 12.4 Å². The molecule has 1 aromatic carbocycles. The van der Waals surface area contributed by atoms with Gasteiger partial charge in [-0.1, -0.05) is 26.0 Å². The SMILES string of the molecule is CCCC(=O)Nc1ccc(CNC(=O)C(C)CNC)cc1.Cl. The molecule has 0 aromatic heterocycles. The molecule has 0 aliphatic rings. The quantitative estimate of drug-likeness (QED) is 0.686. The van der Waals surface area contributed by atoms with Crippen LogP contribution in [0.5, 0.6) is 0 Å². The van der Waals surface area contributed by atoms with Crippen LogP contribution in [0.2, 0.25) is 0 Å². The molecule has 0 spiro atoms. The zero-order valence-electron chi connectivity index (χ0n) is 13.4. The predicted octanol–water partition coefficient (Wildman–Crippen LogP) is 2.32. The lowest BCUT2D eigenvalue weighted by atomic mass is 10.1. The fourth-order valence-electron chi connectivity index (χ4n) is 1.92. The minimum Gasteiger partial charge on any atom is -0.352 e. The molecule has 3 N–H and O–H groups in total. The van der Waals surface area contributed by atoms with Crippen LogP contribution in [0.1, 0.15) is 32.3 Å². The maximum Gasteiger partial charge on any atom is 0.224 e. The Morgan fingerprint density at radius 2 is 1.82 bits per heavy atom. The summed E-state index contributed by atoms with van der Waals surface area (Å²) >= 11 is 0. The summed E-state index contributed by atoms with van der Waals surface area (Å²) in [6, 6.07) is 7.52. The van der Waals surface area contributed by atoms with E-state index in [9.17, 15) is 9.59 Å². The number of carbonyl (C=O) groups is 2. The van der Waals surface area contributed by atoms with Gasteiger partial charge in [0, 0.05) is 31.1 Å². The molecule has 1 rings (SSSR count). The van der Waals surface area contributed by atoms with E-state index >= 15 is 0 Å². The van der Waals surface area contributed by atoms with Crippen LogP contribution in [0.15, 0.2) is 24.3 Å². The Morgan fingerprint density at radius 1 is 1.18 bits per heavy atom. The van der Waals surface area contributed by atoms with Crippen molar-refractivity contribution in [1.29, 1.82) is 0 Å². The summed E-state index contributed by atoms with van der Waals surface area (Å²) in [5, 5.41) is 8.71. The first-order valence-electron chi connectivity index (χ1n) is 7.38. The molecule has 2 amide bonds. The number of benzene rings is 1. The summed E-state index contributed by atoms with van der Waals surface area (Å²) < 4.78 is 0. The summed E-state index contributed by atoms with van der Waals surface area (Å²) in [5.74, 6) is 0.00623. The average molecular weight is 328 g/mol. The third-order valence-corrected chi connectivity index (χ3v) is 3.14. The third kappa shape index (κ3) is 7.43. The number of halogens is 1. The van der Waals surface area contributed by atoms with Crippen molar-refractivity contribution in [2.75, 3.05) is 18.9 Å². The molecule has 0 aliphatic heterocycles. The van der Waals surface area contributed by atoms with Gasteiger partial charge in [0.15, 0.2) is 0 Å². The van der Waals surface area contributed by atoms with Crippen molar-refractivity contribution in [1.82, 2.24) is 10.6 Å². The lowest BCUT2D eigenvalue weighted by molar-refractivity contribution is -0.124. The number of hydrogen-bond donors (Lipinski definition) is 3.